The largest absolute Gasteiger partial charge is 0.409 e. The minimum atomic E-state index is 0.0972. The van der Waals surface area contributed by atoms with E-state index in [2.05, 4.69) is 10.1 Å². The topological polar surface area (TPSA) is 71.5 Å². The number of aryl methyl sites for hydroxylation is 2. The van der Waals surface area contributed by atoms with Gasteiger partial charge in [-0.05, 0) is 25.5 Å². The summed E-state index contributed by atoms with van der Waals surface area (Å²) in [5.74, 6) is 0.0972. The Morgan fingerprint density at radius 3 is 2.75 bits per heavy atom. The van der Waals surface area contributed by atoms with Gasteiger partial charge in [0.05, 0.1) is 0 Å². The molecule has 4 nitrogen and oxygen atoms in total. The van der Waals surface area contributed by atoms with E-state index < -0.39 is 0 Å². The molecule has 0 spiro atoms. The number of amidine groups is 1. The Morgan fingerprint density at radius 1 is 1.58 bits per heavy atom. The summed E-state index contributed by atoms with van der Waals surface area (Å²) in [6.45, 7) is 3.78. The lowest BCUT2D eigenvalue weighted by Crippen LogP contribution is -2.15. The molecule has 1 aromatic heterocycles. The van der Waals surface area contributed by atoms with Crippen LogP contribution < -0.4 is 5.73 Å². The monoisotopic (exact) mass is 165 g/mol. The molecule has 1 aromatic rings. The van der Waals surface area contributed by atoms with Gasteiger partial charge in [-0.15, -0.1) is 0 Å². The zero-order valence-corrected chi connectivity index (χ0v) is 7.07. The highest BCUT2D eigenvalue weighted by Gasteiger charge is 2.03. The smallest absolute Gasteiger partial charge is 0.171 e. The molecule has 1 heterocycles. The number of pyridine rings is 1. The molecule has 12 heavy (non-hydrogen) atoms. The van der Waals surface area contributed by atoms with E-state index in [1.54, 1.807) is 6.20 Å². The van der Waals surface area contributed by atoms with Gasteiger partial charge in [-0.1, -0.05) is 5.16 Å². The second-order valence-electron chi connectivity index (χ2n) is 2.63. The van der Waals surface area contributed by atoms with Crippen molar-refractivity contribution in [3.8, 4) is 0 Å². The van der Waals surface area contributed by atoms with Crippen LogP contribution in [0, 0.1) is 13.8 Å². The lowest BCUT2D eigenvalue weighted by atomic mass is 10.1. The van der Waals surface area contributed by atoms with Crippen LogP contribution in [0.4, 0.5) is 0 Å². The highest BCUT2D eigenvalue weighted by molar-refractivity contribution is 5.97. The van der Waals surface area contributed by atoms with Crippen LogP contribution in [0.5, 0.6) is 0 Å². The van der Waals surface area contributed by atoms with Crippen LogP contribution in [0.25, 0.3) is 0 Å². The van der Waals surface area contributed by atoms with E-state index in [-0.39, 0.29) is 5.84 Å². The second-order valence-corrected chi connectivity index (χ2v) is 2.63. The number of hydrogen-bond acceptors (Lipinski definition) is 3. The molecule has 0 aromatic carbocycles. The summed E-state index contributed by atoms with van der Waals surface area (Å²) in [6.07, 6.45) is 1.60. The zero-order valence-electron chi connectivity index (χ0n) is 7.07. The molecule has 0 aliphatic carbocycles. The Kier molecular flexibility index (Phi) is 2.28. The lowest BCUT2D eigenvalue weighted by Gasteiger charge is -2.02. The fourth-order valence-corrected chi connectivity index (χ4v) is 1.02. The lowest BCUT2D eigenvalue weighted by molar-refractivity contribution is 0.318. The summed E-state index contributed by atoms with van der Waals surface area (Å²) in [6, 6.07) is 1.88. The summed E-state index contributed by atoms with van der Waals surface area (Å²) >= 11 is 0. The summed E-state index contributed by atoms with van der Waals surface area (Å²) in [7, 11) is 0. The molecular weight excluding hydrogens is 154 g/mol. The van der Waals surface area contributed by atoms with E-state index in [1.165, 1.54) is 0 Å². The molecule has 0 radical (unpaired) electrons. The minimum Gasteiger partial charge on any atom is -0.409 e. The minimum absolute atomic E-state index is 0.0972. The summed E-state index contributed by atoms with van der Waals surface area (Å²) in [5, 5.41) is 11.3. The van der Waals surface area contributed by atoms with Gasteiger partial charge in [0, 0.05) is 17.5 Å². The molecule has 64 valence electrons. The van der Waals surface area contributed by atoms with E-state index >= 15 is 0 Å². The summed E-state index contributed by atoms with van der Waals surface area (Å²) in [5.41, 5.74) is 7.95. The Labute approximate surface area is 70.7 Å². The fourth-order valence-electron chi connectivity index (χ4n) is 1.02. The van der Waals surface area contributed by atoms with Crippen molar-refractivity contribution in [2.24, 2.45) is 10.9 Å². The number of hydrogen-bond donors (Lipinski definition) is 2. The van der Waals surface area contributed by atoms with E-state index in [0.717, 1.165) is 11.3 Å². The average Bonchev–Trinajstić information content (AvgIpc) is 2.03. The van der Waals surface area contributed by atoms with E-state index in [9.17, 15) is 0 Å². The number of nitrogens with two attached hydrogens (primary N) is 1. The van der Waals surface area contributed by atoms with Crippen molar-refractivity contribution in [2.75, 3.05) is 0 Å². The number of oxime groups is 1. The highest BCUT2D eigenvalue weighted by atomic mass is 16.4. The zero-order chi connectivity index (χ0) is 9.14. The first-order chi connectivity index (χ1) is 5.65. The van der Waals surface area contributed by atoms with Crippen LogP contribution in [0.3, 0.4) is 0 Å². The SMILES string of the molecule is Cc1cc(C)c(/C(N)=N/O)cn1. The fraction of sp³-hybridized carbons (Fsp3) is 0.250. The predicted molar refractivity (Wildman–Crippen MR) is 46.2 cm³/mol. The van der Waals surface area contributed by atoms with Crippen molar-refractivity contribution in [3.05, 3.63) is 29.1 Å². The van der Waals surface area contributed by atoms with Crippen molar-refractivity contribution >= 4 is 5.84 Å². The Morgan fingerprint density at radius 2 is 2.25 bits per heavy atom. The Balaban J connectivity index is 3.18. The van der Waals surface area contributed by atoms with E-state index in [0.29, 0.717) is 5.56 Å². The first-order valence-corrected chi connectivity index (χ1v) is 3.56. The van der Waals surface area contributed by atoms with Gasteiger partial charge in [0.1, 0.15) is 0 Å². The van der Waals surface area contributed by atoms with Crippen molar-refractivity contribution in [2.45, 2.75) is 13.8 Å². The number of nitrogens with zero attached hydrogens (tertiary/aromatic N) is 2. The molecular formula is C8H11N3O. The highest BCUT2D eigenvalue weighted by Crippen LogP contribution is 2.06. The average molecular weight is 165 g/mol. The molecule has 4 heteroatoms. The van der Waals surface area contributed by atoms with Gasteiger partial charge in [0.2, 0.25) is 0 Å². The Hall–Kier alpha value is -1.58. The first kappa shape index (κ1) is 8.52. The molecule has 0 aliphatic heterocycles. The van der Waals surface area contributed by atoms with Crippen LogP contribution >= 0.6 is 0 Å². The Bertz CT molecular complexity index is 320. The van der Waals surface area contributed by atoms with E-state index in [4.69, 9.17) is 10.9 Å². The van der Waals surface area contributed by atoms with Crippen LogP contribution in [-0.2, 0) is 0 Å². The second kappa shape index (κ2) is 3.21. The van der Waals surface area contributed by atoms with Crippen LogP contribution in [-0.4, -0.2) is 16.0 Å². The van der Waals surface area contributed by atoms with Gasteiger partial charge in [-0.25, -0.2) is 0 Å². The van der Waals surface area contributed by atoms with Crippen LogP contribution in [0.2, 0.25) is 0 Å². The molecule has 0 saturated heterocycles. The maximum atomic E-state index is 8.42. The van der Waals surface area contributed by atoms with Gasteiger partial charge in [0.25, 0.3) is 0 Å². The molecule has 0 atom stereocenters. The third-order valence-corrected chi connectivity index (χ3v) is 1.63. The first-order valence-electron chi connectivity index (χ1n) is 3.56. The molecule has 0 aliphatic rings. The standard InChI is InChI=1S/C8H11N3O/c1-5-3-6(2)10-4-7(5)8(9)11-12/h3-4,12H,1-2H3,(H2,9,11). The molecule has 0 unspecified atom stereocenters. The van der Waals surface area contributed by atoms with E-state index in [1.807, 2.05) is 19.9 Å². The van der Waals surface area contributed by atoms with Crippen LogP contribution in [0.1, 0.15) is 16.8 Å². The third kappa shape index (κ3) is 1.53. The molecule has 3 N–H and O–H groups in total. The predicted octanol–water partition coefficient (Wildman–Crippen LogP) is 0.793. The van der Waals surface area contributed by atoms with Gasteiger partial charge in [0.15, 0.2) is 5.84 Å². The normalized spacial score (nSPS) is 11.7. The van der Waals surface area contributed by atoms with Crippen molar-refractivity contribution in [1.29, 1.82) is 0 Å². The molecule has 0 fully saturated rings. The van der Waals surface area contributed by atoms with Crippen molar-refractivity contribution in [1.82, 2.24) is 4.98 Å². The molecule has 0 bridgehead atoms. The van der Waals surface area contributed by atoms with Gasteiger partial charge >= 0.3 is 0 Å². The van der Waals surface area contributed by atoms with Crippen LogP contribution in [0.15, 0.2) is 17.4 Å². The number of aromatic nitrogens is 1. The third-order valence-electron chi connectivity index (χ3n) is 1.63. The van der Waals surface area contributed by atoms with Gasteiger partial charge in [-0.3, -0.25) is 4.98 Å². The number of rotatable bonds is 1. The summed E-state index contributed by atoms with van der Waals surface area (Å²) in [4.78, 5) is 4.04. The molecule has 0 saturated carbocycles. The quantitative estimate of drug-likeness (QED) is 0.280. The van der Waals surface area contributed by atoms with Crippen molar-refractivity contribution < 1.29 is 5.21 Å². The van der Waals surface area contributed by atoms with Crippen molar-refractivity contribution in [3.63, 3.8) is 0 Å². The van der Waals surface area contributed by atoms with Gasteiger partial charge < -0.3 is 10.9 Å². The summed E-state index contributed by atoms with van der Waals surface area (Å²) < 4.78 is 0. The molecule has 1 rings (SSSR count). The van der Waals surface area contributed by atoms with Gasteiger partial charge in [-0.2, -0.15) is 0 Å². The maximum absolute atomic E-state index is 8.42. The molecule has 0 amide bonds. The maximum Gasteiger partial charge on any atom is 0.171 e.